The van der Waals surface area contributed by atoms with E-state index in [0.29, 0.717) is 18.0 Å². The van der Waals surface area contributed by atoms with Crippen LogP contribution in [0.15, 0.2) is 18.2 Å². The predicted octanol–water partition coefficient (Wildman–Crippen LogP) is 2.01. The Morgan fingerprint density at radius 3 is 2.78 bits per heavy atom. The summed E-state index contributed by atoms with van der Waals surface area (Å²) in [7, 11) is 0. The number of carbonyl (C=O) groups excluding carboxylic acids is 2. The lowest BCUT2D eigenvalue weighted by Crippen LogP contribution is -2.53. The van der Waals surface area contributed by atoms with Crippen LogP contribution in [0.25, 0.3) is 0 Å². The molecule has 2 aliphatic heterocycles. The van der Waals surface area contributed by atoms with E-state index in [4.69, 9.17) is 0 Å². The van der Waals surface area contributed by atoms with Crippen molar-refractivity contribution >= 4 is 11.8 Å². The first kappa shape index (κ1) is 14.7. The summed E-state index contributed by atoms with van der Waals surface area (Å²) in [6.45, 7) is 3.53. The Kier molecular flexibility index (Phi) is 3.58. The zero-order valence-electron chi connectivity index (χ0n) is 13.6. The van der Waals surface area contributed by atoms with Crippen molar-refractivity contribution in [3.05, 3.63) is 29.6 Å². The molecule has 122 valence electrons. The first-order chi connectivity index (χ1) is 11.1. The van der Waals surface area contributed by atoms with Crippen LogP contribution >= 0.6 is 0 Å². The van der Waals surface area contributed by atoms with E-state index < -0.39 is 0 Å². The van der Waals surface area contributed by atoms with Crippen LogP contribution in [0.4, 0.5) is 0 Å². The van der Waals surface area contributed by atoms with E-state index in [1.54, 1.807) is 6.07 Å². The van der Waals surface area contributed by atoms with Crippen LogP contribution < -0.4 is 0 Å². The molecule has 23 heavy (non-hydrogen) atoms. The van der Waals surface area contributed by atoms with Crippen LogP contribution in [-0.2, 0) is 4.79 Å². The average molecular weight is 313 g/mol. The minimum Gasteiger partial charge on any atom is -0.337 e. The van der Waals surface area contributed by atoms with Crippen LogP contribution in [0.5, 0.6) is 0 Å². The number of piperidine rings is 1. The number of carbonyl (C=O) groups is 2. The molecule has 1 aromatic heterocycles. The fourth-order valence-corrected chi connectivity index (χ4v) is 4.03. The molecule has 0 N–H and O–H groups in total. The van der Waals surface area contributed by atoms with Crippen molar-refractivity contribution in [2.24, 2.45) is 5.92 Å². The highest BCUT2D eigenvalue weighted by Gasteiger charge is 2.46. The number of amides is 2. The highest BCUT2D eigenvalue weighted by molar-refractivity contribution is 5.93. The van der Waals surface area contributed by atoms with Gasteiger partial charge in [-0.2, -0.15) is 0 Å². The summed E-state index contributed by atoms with van der Waals surface area (Å²) in [6, 6.07) is 5.96. The lowest BCUT2D eigenvalue weighted by atomic mass is 9.95. The molecule has 0 unspecified atom stereocenters. The number of aromatic nitrogens is 1. The smallest absolute Gasteiger partial charge is 0.272 e. The SMILES string of the molecule is Cc1cccc(C(=O)N2CC[C@@H]3[C@H]2CCC(=O)N3CC2CC2)n1. The maximum atomic E-state index is 12.8. The van der Waals surface area contributed by atoms with Crippen molar-refractivity contribution in [1.29, 1.82) is 0 Å². The van der Waals surface area contributed by atoms with Gasteiger partial charge in [0.1, 0.15) is 5.69 Å². The fourth-order valence-electron chi connectivity index (χ4n) is 4.03. The fraction of sp³-hybridized carbons (Fsp3) is 0.611. The van der Waals surface area contributed by atoms with Gasteiger partial charge in [0.2, 0.25) is 5.91 Å². The monoisotopic (exact) mass is 313 g/mol. The summed E-state index contributed by atoms with van der Waals surface area (Å²) in [4.78, 5) is 33.5. The van der Waals surface area contributed by atoms with E-state index in [-0.39, 0.29) is 23.9 Å². The van der Waals surface area contributed by atoms with E-state index in [2.05, 4.69) is 9.88 Å². The molecule has 3 heterocycles. The van der Waals surface area contributed by atoms with Crippen LogP contribution in [0.1, 0.15) is 48.3 Å². The molecule has 0 spiro atoms. The molecular weight excluding hydrogens is 290 g/mol. The number of pyridine rings is 1. The Hall–Kier alpha value is -1.91. The Labute approximate surface area is 136 Å². The van der Waals surface area contributed by atoms with Crippen LogP contribution in [0.2, 0.25) is 0 Å². The molecule has 1 saturated carbocycles. The van der Waals surface area contributed by atoms with E-state index in [1.807, 2.05) is 24.0 Å². The molecule has 5 nitrogen and oxygen atoms in total. The van der Waals surface area contributed by atoms with Gasteiger partial charge in [-0.05, 0) is 50.7 Å². The van der Waals surface area contributed by atoms with Crippen LogP contribution in [0.3, 0.4) is 0 Å². The van der Waals surface area contributed by atoms with Gasteiger partial charge in [-0.1, -0.05) is 6.07 Å². The van der Waals surface area contributed by atoms with Crippen molar-refractivity contribution < 1.29 is 9.59 Å². The van der Waals surface area contributed by atoms with Gasteiger partial charge in [0.05, 0.1) is 12.1 Å². The number of hydrogen-bond acceptors (Lipinski definition) is 3. The van der Waals surface area contributed by atoms with Gasteiger partial charge in [0.25, 0.3) is 5.91 Å². The van der Waals surface area contributed by atoms with Crippen LogP contribution in [-0.4, -0.2) is 51.8 Å². The molecule has 4 rings (SSSR count). The third-order valence-corrected chi connectivity index (χ3v) is 5.41. The Morgan fingerprint density at radius 1 is 1.22 bits per heavy atom. The van der Waals surface area contributed by atoms with Gasteiger partial charge in [0, 0.05) is 25.2 Å². The Bertz CT molecular complexity index is 641. The summed E-state index contributed by atoms with van der Waals surface area (Å²) in [5.74, 6) is 0.990. The first-order valence-electron chi connectivity index (χ1n) is 8.67. The van der Waals surface area contributed by atoms with E-state index in [1.165, 1.54) is 12.8 Å². The van der Waals surface area contributed by atoms with E-state index >= 15 is 0 Å². The molecule has 0 bridgehead atoms. The number of hydrogen-bond donors (Lipinski definition) is 0. The van der Waals surface area contributed by atoms with Crippen molar-refractivity contribution in [3.8, 4) is 0 Å². The lowest BCUT2D eigenvalue weighted by molar-refractivity contribution is -0.137. The van der Waals surface area contributed by atoms with Gasteiger partial charge in [-0.15, -0.1) is 0 Å². The minimum atomic E-state index is 0.0157. The number of likely N-dealkylation sites (tertiary alicyclic amines) is 2. The standard InChI is InChI=1S/C18H23N3O2/c1-12-3-2-4-14(19-12)18(23)20-10-9-16-15(20)7-8-17(22)21(16)11-13-5-6-13/h2-4,13,15-16H,5-11H2,1H3/t15-,16-/m1/s1. The maximum absolute atomic E-state index is 12.8. The largest absolute Gasteiger partial charge is 0.337 e. The zero-order valence-corrected chi connectivity index (χ0v) is 13.6. The van der Waals surface area contributed by atoms with E-state index in [0.717, 1.165) is 31.6 Å². The van der Waals surface area contributed by atoms with Gasteiger partial charge in [0.15, 0.2) is 0 Å². The second kappa shape index (κ2) is 5.62. The second-order valence-electron chi connectivity index (χ2n) is 7.11. The van der Waals surface area contributed by atoms with Gasteiger partial charge in [-0.3, -0.25) is 9.59 Å². The molecular formula is C18H23N3O2. The average Bonchev–Trinajstić information content (AvgIpc) is 3.26. The zero-order chi connectivity index (χ0) is 16.0. The predicted molar refractivity (Wildman–Crippen MR) is 85.9 cm³/mol. The number of fused-ring (bicyclic) bond motifs is 1. The normalized spacial score (nSPS) is 27.3. The lowest BCUT2D eigenvalue weighted by Gasteiger charge is -2.39. The van der Waals surface area contributed by atoms with Crippen LogP contribution in [0, 0.1) is 12.8 Å². The summed E-state index contributed by atoms with van der Waals surface area (Å²) in [5, 5.41) is 0. The van der Waals surface area contributed by atoms with Crippen molar-refractivity contribution in [2.75, 3.05) is 13.1 Å². The van der Waals surface area contributed by atoms with Gasteiger partial charge >= 0.3 is 0 Å². The summed E-state index contributed by atoms with van der Waals surface area (Å²) in [6.07, 6.45) is 4.76. The molecule has 1 aliphatic carbocycles. The van der Waals surface area contributed by atoms with E-state index in [9.17, 15) is 9.59 Å². The number of nitrogens with zero attached hydrogens (tertiary/aromatic N) is 3. The minimum absolute atomic E-state index is 0.0157. The van der Waals surface area contributed by atoms with Gasteiger partial charge in [-0.25, -0.2) is 4.98 Å². The molecule has 3 aliphatic rings. The molecule has 2 amide bonds. The second-order valence-corrected chi connectivity index (χ2v) is 7.11. The highest BCUT2D eigenvalue weighted by Crippen LogP contribution is 2.36. The number of rotatable bonds is 3. The van der Waals surface area contributed by atoms with Gasteiger partial charge < -0.3 is 9.80 Å². The molecule has 2 atom stereocenters. The summed E-state index contributed by atoms with van der Waals surface area (Å²) >= 11 is 0. The quantitative estimate of drug-likeness (QED) is 0.858. The molecule has 0 aromatic carbocycles. The van der Waals surface area contributed by atoms with Crippen molar-refractivity contribution in [1.82, 2.24) is 14.8 Å². The molecule has 0 radical (unpaired) electrons. The third kappa shape index (κ3) is 2.73. The Balaban J connectivity index is 1.53. The molecule has 5 heteroatoms. The third-order valence-electron chi connectivity index (χ3n) is 5.41. The first-order valence-corrected chi connectivity index (χ1v) is 8.67. The molecule has 3 fully saturated rings. The maximum Gasteiger partial charge on any atom is 0.272 e. The van der Waals surface area contributed by atoms with Crippen molar-refractivity contribution in [2.45, 2.75) is 51.1 Å². The molecule has 1 aromatic rings. The summed E-state index contributed by atoms with van der Waals surface area (Å²) in [5.41, 5.74) is 1.39. The topological polar surface area (TPSA) is 53.5 Å². The molecule has 2 saturated heterocycles. The summed E-state index contributed by atoms with van der Waals surface area (Å²) < 4.78 is 0. The number of aryl methyl sites for hydroxylation is 1. The highest BCUT2D eigenvalue weighted by atomic mass is 16.2. The Morgan fingerprint density at radius 2 is 2.04 bits per heavy atom. The van der Waals surface area contributed by atoms with Crippen molar-refractivity contribution in [3.63, 3.8) is 0 Å².